The molecule has 1 aromatic rings. The number of rotatable bonds is 5. The number of likely N-dealkylation sites (N-methyl/N-ethyl adjacent to an activating group) is 1. The van der Waals surface area contributed by atoms with Crippen molar-refractivity contribution in [3.05, 3.63) is 35.4 Å². The van der Waals surface area contributed by atoms with E-state index in [2.05, 4.69) is 36.5 Å². The molecule has 1 aromatic carbocycles. The van der Waals surface area contributed by atoms with Crippen LogP contribution in [0.25, 0.3) is 0 Å². The summed E-state index contributed by atoms with van der Waals surface area (Å²) >= 11 is 0. The Morgan fingerprint density at radius 3 is 2.63 bits per heavy atom. The van der Waals surface area contributed by atoms with E-state index in [0.29, 0.717) is 12.5 Å². The number of benzene rings is 1. The van der Waals surface area contributed by atoms with Crippen molar-refractivity contribution >= 4 is 5.91 Å². The number of carbonyl (C=O) groups is 1. The van der Waals surface area contributed by atoms with E-state index in [1.54, 1.807) is 0 Å². The monoisotopic (exact) mass is 260 g/mol. The van der Waals surface area contributed by atoms with Crippen LogP contribution in [0.4, 0.5) is 0 Å². The molecule has 1 unspecified atom stereocenters. The summed E-state index contributed by atoms with van der Waals surface area (Å²) in [5.41, 5.74) is 2.45. The summed E-state index contributed by atoms with van der Waals surface area (Å²) in [5, 5.41) is 3.18. The lowest BCUT2D eigenvalue weighted by Gasteiger charge is -2.24. The molecule has 1 saturated heterocycles. The van der Waals surface area contributed by atoms with Crippen LogP contribution in [0.15, 0.2) is 24.3 Å². The van der Waals surface area contributed by atoms with Gasteiger partial charge < -0.3 is 10.2 Å². The second-order valence-electron chi connectivity index (χ2n) is 5.29. The zero-order chi connectivity index (χ0) is 13.7. The fraction of sp³-hybridized carbons (Fsp3) is 0.562. The van der Waals surface area contributed by atoms with Crippen LogP contribution >= 0.6 is 0 Å². The van der Waals surface area contributed by atoms with Gasteiger partial charge in [-0.1, -0.05) is 31.2 Å². The Balaban J connectivity index is 1.95. The first-order chi connectivity index (χ1) is 9.24. The number of amides is 1. The third-order valence-corrected chi connectivity index (χ3v) is 3.92. The van der Waals surface area contributed by atoms with Crippen LogP contribution in [0.5, 0.6) is 0 Å². The van der Waals surface area contributed by atoms with Crippen molar-refractivity contribution < 1.29 is 4.79 Å². The average Bonchev–Trinajstić information content (AvgIpc) is 2.88. The van der Waals surface area contributed by atoms with Gasteiger partial charge in [-0.2, -0.15) is 0 Å². The van der Waals surface area contributed by atoms with Crippen LogP contribution in [0, 0.1) is 0 Å². The van der Waals surface area contributed by atoms with E-state index in [9.17, 15) is 4.79 Å². The van der Waals surface area contributed by atoms with Crippen molar-refractivity contribution in [2.24, 2.45) is 0 Å². The Bertz CT molecular complexity index is 413. The molecule has 104 valence electrons. The molecular formula is C16H24N2O. The molecule has 1 aliphatic heterocycles. The average molecular weight is 260 g/mol. The SMILES string of the molecule is CCc1ccc(CC(=O)N2CCCC2CNC)cc1. The Kier molecular flexibility index (Phi) is 4.97. The van der Waals surface area contributed by atoms with E-state index in [1.807, 2.05) is 11.9 Å². The molecule has 19 heavy (non-hydrogen) atoms. The molecule has 3 heteroatoms. The van der Waals surface area contributed by atoms with Crippen molar-refractivity contribution in [3.8, 4) is 0 Å². The van der Waals surface area contributed by atoms with E-state index in [1.165, 1.54) is 5.56 Å². The molecule has 1 N–H and O–H groups in total. The second-order valence-corrected chi connectivity index (χ2v) is 5.29. The van der Waals surface area contributed by atoms with E-state index in [-0.39, 0.29) is 5.91 Å². The van der Waals surface area contributed by atoms with Crippen molar-refractivity contribution in [3.63, 3.8) is 0 Å². The maximum absolute atomic E-state index is 12.4. The first-order valence-corrected chi connectivity index (χ1v) is 7.26. The molecule has 0 spiro atoms. The Morgan fingerprint density at radius 1 is 1.32 bits per heavy atom. The van der Waals surface area contributed by atoms with Gasteiger partial charge in [-0.15, -0.1) is 0 Å². The zero-order valence-electron chi connectivity index (χ0n) is 12.0. The Hall–Kier alpha value is -1.35. The van der Waals surface area contributed by atoms with Crippen LogP contribution in [-0.2, 0) is 17.6 Å². The number of carbonyl (C=O) groups excluding carboxylic acids is 1. The highest BCUT2D eigenvalue weighted by Crippen LogP contribution is 2.18. The van der Waals surface area contributed by atoms with Gasteiger partial charge >= 0.3 is 0 Å². The fourth-order valence-electron chi connectivity index (χ4n) is 2.78. The van der Waals surface area contributed by atoms with E-state index >= 15 is 0 Å². The molecule has 1 amide bonds. The maximum Gasteiger partial charge on any atom is 0.227 e. The summed E-state index contributed by atoms with van der Waals surface area (Å²) in [6.07, 6.45) is 3.84. The molecule has 0 aromatic heterocycles. The summed E-state index contributed by atoms with van der Waals surface area (Å²) in [6, 6.07) is 8.79. The minimum Gasteiger partial charge on any atom is -0.338 e. The minimum atomic E-state index is 0.266. The lowest BCUT2D eigenvalue weighted by atomic mass is 10.1. The number of nitrogens with zero attached hydrogens (tertiary/aromatic N) is 1. The van der Waals surface area contributed by atoms with Gasteiger partial charge in [0.2, 0.25) is 5.91 Å². The van der Waals surface area contributed by atoms with Crippen molar-refractivity contribution in [1.82, 2.24) is 10.2 Å². The summed E-state index contributed by atoms with van der Waals surface area (Å²) in [7, 11) is 1.95. The molecule has 0 saturated carbocycles. The number of nitrogens with one attached hydrogen (secondary N) is 1. The first kappa shape index (κ1) is 14.1. The topological polar surface area (TPSA) is 32.3 Å². The van der Waals surface area contributed by atoms with Crippen LogP contribution in [0.2, 0.25) is 0 Å². The smallest absolute Gasteiger partial charge is 0.227 e. The third-order valence-electron chi connectivity index (χ3n) is 3.92. The van der Waals surface area contributed by atoms with Gasteiger partial charge in [0.05, 0.1) is 6.42 Å². The zero-order valence-corrected chi connectivity index (χ0v) is 12.0. The van der Waals surface area contributed by atoms with Crippen LogP contribution in [0.1, 0.15) is 30.9 Å². The molecule has 1 aliphatic rings. The second kappa shape index (κ2) is 6.71. The van der Waals surface area contributed by atoms with Crippen LogP contribution in [0.3, 0.4) is 0 Å². The summed E-state index contributed by atoms with van der Waals surface area (Å²) in [5.74, 6) is 0.266. The molecule has 3 nitrogen and oxygen atoms in total. The van der Waals surface area contributed by atoms with Gasteiger partial charge in [0.1, 0.15) is 0 Å². The molecule has 1 fully saturated rings. The number of hydrogen-bond acceptors (Lipinski definition) is 2. The quantitative estimate of drug-likeness (QED) is 0.878. The highest BCUT2D eigenvalue weighted by molar-refractivity contribution is 5.79. The molecule has 2 rings (SSSR count). The largest absolute Gasteiger partial charge is 0.338 e. The van der Waals surface area contributed by atoms with Crippen LogP contribution < -0.4 is 5.32 Å². The van der Waals surface area contributed by atoms with Crippen LogP contribution in [-0.4, -0.2) is 37.0 Å². The predicted octanol–water partition coefficient (Wildman–Crippen LogP) is 2.00. The Labute approximate surface area is 116 Å². The standard InChI is InChI=1S/C16H24N2O/c1-3-13-6-8-14(9-7-13)11-16(19)18-10-4-5-15(18)12-17-2/h6-9,15,17H,3-5,10-12H2,1-2H3. The molecule has 1 atom stereocenters. The highest BCUT2D eigenvalue weighted by Gasteiger charge is 2.27. The molecule has 0 bridgehead atoms. The van der Waals surface area contributed by atoms with E-state index < -0.39 is 0 Å². The van der Waals surface area contributed by atoms with Gasteiger partial charge in [0.15, 0.2) is 0 Å². The fourth-order valence-corrected chi connectivity index (χ4v) is 2.78. The lowest BCUT2D eigenvalue weighted by molar-refractivity contribution is -0.131. The third kappa shape index (κ3) is 3.57. The number of hydrogen-bond donors (Lipinski definition) is 1. The van der Waals surface area contributed by atoms with E-state index in [0.717, 1.165) is 37.9 Å². The van der Waals surface area contributed by atoms with Crippen molar-refractivity contribution in [1.29, 1.82) is 0 Å². The van der Waals surface area contributed by atoms with Gasteiger partial charge in [0, 0.05) is 19.1 Å². The first-order valence-electron chi connectivity index (χ1n) is 7.26. The predicted molar refractivity (Wildman–Crippen MR) is 78.2 cm³/mol. The molecule has 1 heterocycles. The lowest BCUT2D eigenvalue weighted by Crippen LogP contribution is -2.41. The van der Waals surface area contributed by atoms with Gasteiger partial charge in [-0.3, -0.25) is 4.79 Å². The summed E-state index contributed by atoms with van der Waals surface area (Å²) < 4.78 is 0. The summed E-state index contributed by atoms with van der Waals surface area (Å²) in [4.78, 5) is 14.4. The molecule has 0 aliphatic carbocycles. The Morgan fingerprint density at radius 2 is 2.00 bits per heavy atom. The molecular weight excluding hydrogens is 236 g/mol. The highest BCUT2D eigenvalue weighted by atomic mass is 16.2. The van der Waals surface area contributed by atoms with Gasteiger partial charge in [-0.05, 0) is 37.4 Å². The minimum absolute atomic E-state index is 0.266. The normalized spacial score (nSPS) is 18.8. The van der Waals surface area contributed by atoms with Crippen molar-refractivity contribution in [2.45, 2.75) is 38.6 Å². The number of aryl methyl sites for hydroxylation is 1. The van der Waals surface area contributed by atoms with E-state index in [4.69, 9.17) is 0 Å². The van der Waals surface area contributed by atoms with Crippen molar-refractivity contribution in [2.75, 3.05) is 20.1 Å². The van der Waals surface area contributed by atoms with Gasteiger partial charge in [0.25, 0.3) is 0 Å². The maximum atomic E-state index is 12.4. The molecule has 0 radical (unpaired) electrons. The summed E-state index contributed by atoms with van der Waals surface area (Å²) in [6.45, 7) is 3.96. The van der Waals surface area contributed by atoms with Gasteiger partial charge in [-0.25, -0.2) is 0 Å². The number of likely N-dealkylation sites (tertiary alicyclic amines) is 1.